The first kappa shape index (κ1) is 28.8. The van der Waals surface area contributed by atoms with Crippen molar-refractivity contribution in [2.24, 2.45) is 11.8 Å². The van der Waals surface area contributed by atoms with E-state index >= 15 is 0 Å². The largest absolute Gasteiger partial charge is 0.369 e. The first-order chi connectivity index (χ1) is 20.4. The fraction of sp³-hybridized carbons (Fsp3) is 0.448. The maximum atomic E-state index is 12.9. The zero-order valence-electron chi connectivity index (χ0n) is 23.7. The molecule has 4 N–H and O–H groups in total. The van der Waals surface area contributed by atoms with E-state index in [4.69, 9.17) is 5.26 Å². The molecule has 0 saturated carbocycles. The van der Waals surface area contributed by atoms with E-state index in [1.807, 2.05) is 30.3 Å². The van der Waals surface area contributed by atoms with Crippen LogP contribution in [0, 0.1) is 23.2 Å². The van der Waals surface area contributed by atoms with Crippen molar-refractivity contribution in [1.29, 1.82) is 5.26 Å². The highest BCUT2D eigenvalue weighted by molar-refractivity contribution is 5.97. The van der Waals surface area contributed by atoms with Crippen LogP contribution < -0.4 is 26.2 Å². The minimum atomic E-state index is -0.480. The number of rotatable bonds is 8. The predicted molar refractivity (Wildman–Crippen MR) is 159 cm³/mol. The number of carbonyl (C=O) groups is 3. The van der Waals surface area contributed by atoms with Gasteiger partial charge >= 0.3 is 6.03 Å². The normalized spacial score (nSPS) is 18.8. The molecule has 2 aliphatic heterocycles. The zero-order valence-corrected chi connectivity index (χ0v) is 23.7. The van der Waals surface area contributed by atoms with Crippen molar-refractivity contribution in [3.63, 3.8) is 0 Å². The van der Waals surface area contributed by atoms with Crippen molar-refractivity contribution in [1.82, 2.24) is 30.1 Å². The predicted octanol–water partition coefficient (Wildman–Crippen LogP) is 1.85. The van der Waals surface area contributed by atoms with Crippen LogP contribution in [0.3, 0.4) is 0 Å². The van der Waals surface area contributed by atoms with Gasteiger partial charge in [0.15, 0.2) is 5.65 Å². The van der Waals surface area contributed by atoms with Gasteiger partial charge in [-0.15, -0.1) is 0 Å². The van der Waals surface area contributed by atoms with Gasteiger partial charge in [0.2, 0.25) is 11.8 Å². The molecule has 1 aromatic carbocycles. The first-order valence-corrected chi connectivity index (χ1v) is 14.3. The summed E-state index contributed by atoms with van der Waals surface area (Å²) >= 11 is 0. The minimum Gasteiger partial charge on any atom is -0.369 e. The van der Waals surface area contributed by atoms with Crippen LogP contribution >= 0.6 is 0 Å². The molecular formula is C29H36N10O3. The topological polar surface area (TPSA) is 160 Å². The lowest BCUT2D eigenvalue weighted by molar-refractivity contribution is -0.132. The summed E-state index contributed by atoms with van der Waals surface area (Å²) in [6.45, 7) is 7.57. The Labute approximate surface area is 244 Å². The highest BCUT2D eigenvalue weighted by Crippen LogP contribution is 2.26. The molecule has 2 aliphatic rings. The van der Waals surface area contributed by atoms with Gasteiger partial charge in [0.05, 0.1) is 18.0 Å². The number of piperidine rings is 1. The van der Waals surface area contributed by atoms with E-state index in [2.05, 4.69) is 43.1 Å². The summed E-state index contributed by atoms with van der Waals surface area (Å²) in [4.78, 5) is 50.4. The number of benzene rings is 1. The Balaban J connectivity index is 1.15. The van der Waals surface area contributed by atoms with Crippen LogP contribution in [-0.2, 0) is 9.59 Å². The van der Waals surface area contributed by atoms with Gasteiger partial charge in [0.25, 0.3) is 0 Å². The molecule has 220 valence electrons. The number of hydrogen-bond donors (Lipinski definition) is 4. The Morgan fingerprint density at radius 3 is 2.64 bits per heavy atom. The molecular weight excluding hydrogens is 536 g/mol. The average Bonchev–Trinajstić information content (AvgIpc) is 3.45. The number of aromatic nitrogens is 3. The molecule has 0 aliphatic carbocycles. The number of anilines is 3. The third kappa shape index (κ3) is 6.77. The summed E-state index contributed by atoms with van der Waals surface area (Å²) in [6.07, 6.45) is 3.74. The second-order valence-corrected chi connectivity index (χ2v) is 10.7. The lowest BCUT2D eigenvalue weighted by Crippen LogP contribution is -2.45. The van der Waals surface area contributed by atoms with Gasteiger partial charge in [-0.2, -0.15) is 5.26 Å². The lowest BCUT2D eigenvalue weighted by atomic mass is 9.87. The Hall–Kier alpha value is -4.70. The summed E-state index contributed by atoms with van der Waals surface area (Å²) in [5, 5.41) is 21.7. The number of likely N-dealkylation sites (tertiary alicyclic amines) is 1. The van der Waals surface area contributed by atoms with Crippen LogP contribution in [0.2, 0.25) is 0 Å². The molecule has 3 aromatic rings. The summed E-state index contributed by atoms with van der Waals surface area (Å²) in [5.74, 6) is 0.692. The molecule has 2 fully saturated rings. The number of nitriles is 1. The third-order valence-corrected chi connectivity index (χ3v) is 7.96. The second-order valence-electron chi connectivity index (χ2n) is 10.7. The highest BCUT2D eigenvalue weighted by Gasteiger charge is 2.29. The second kappa shape index (κ2) is 13.3. The molecule has 0 radical (unpaired) electrons. The smallest absolute Gasteiger partial charge is 0.327 e. The van der Waals surface area contributed by atoms with Gasteiger partial charge in [-0.05, 0) is 48.6 Å². The minimum absolute atomic E-state index is 0.109. The number of hydrogen-bond acceptors (Lipinski definition) is 9. The average molecular weight is 573 g/mol. The Morgan fingerprint density at radius 1 is 1.10 bits per heavy atom. The van der Waals surface area contributed by atoms with E-state index in [1.165, 1.54) is 10.9 Å². The van der Waals surface area contributed by atoms with Crippen LogP contribution in [0.1, 0.15) is 19.8 Å². The molecule has 5 rings (SSSR count). The van der Waals surface area contributed by atoms with Crippen molar-refractivity contribution >= 4 is 46.1 Å². The van der Waals surface area contributed by atoms with Gasteiger partial charge < -0.3 is 31.1 Å². The molecule has 42 heavy (non-hydrogen) atoms. The van der Waals surface area contributed by atoms with E-state index in [1.54, 1.807) is 17.2 Å². The van der Waals surface area contributed by atoms with Crippen LogP contribution in [-0.4, -0.2) is 89.6 Å². The van der Waals surface area contributed by atoms with Crippen LogP contribution in [0.4, 0.5) is 22.0 Å². The molecule has 0 bridgehead atoms. The fourth-order valence-electron chi connectivity index (χ4n) is 5.43. The van der Waals surface area contributed by atoms with E-state index in [-0.39, 0.29) is 30.7 Å². The molecule has 2 saturated heterocycles. The Morgan fingerprint density at radius 2 is 1.88 bits per heavy atom. The maximum Gasteiger partial charge on any atom is 0.327 e. The van der Waals surface area contributed by atoms with Gasteiger partial charge in [-0.25, -0.2) is 14.8 Å². The monoisotopic (exact) mass is 572 g/mol. The van der Waals surface area contributed by atoms with Gasteiger partial charge in [0, 0.05) is 63.4 Å². The first-order valence-electron chi connectivity index (χ1n) is 14.3. The SMILES string of the molecule is C[C@@H]1CCN(C(=O)CC#N)C[C@H]1CNc1ncnc2c1ccn2C(=O)NCC(=O)Nc1ccc(N2CCNCC2)cc1. The van der Waals surface area contributed by atoms with E-state index in [0.717, 1.165) is 38.3 Å². The van der Waals surface area contributed by atoms with Gasteiger partial charge in [0.1, 0.15) is 18.6 Å². The Bertz CT molecular complexity index is 1460. The number of piperazine rings is 1. The van der Waals surface area contributed by atoms with E-state index in [0.29, 0.717) is 48.1 Å². The van der Waals surface area contributed by atoms with E-state index < -0.39 is 6.03 Å². The van der Waals surface area contributed by atoms with Crippen molar-refractivity contribution in [3.05, 3.63) is 42.9 Å². The number of nitrogens with one attached hydrogen (secondary N) is 4. The molecule has 3 amide bonds. The lowest BCUT2D eigenvalue weighted by Gasteiger charge is -2.37. The van der Waals surface area contributed by atoms with Crippen molar-refractivity contribution in [3.8, 4) is 6.07 Å². The number of carbonyl (C=O) groups excluding carboxylic acids is 3. The molecule has 0 unspecified atom stereocenters. The third-order valence-electron chi connectivity index (χ3n) is 7.96. The van der Waals surface area contributed by atoms with Crippen molar-refractivity contribution < 1.29 is 14.4 Å². The molecule has 13 nitrogen and oxygen atoms in total. The molecule has 0 spiro atoms. The Kier molecular flexibility index (Phi) is 9.13. The quantitative estimate of drug-likeness (QED) is 0.316. The highest BCUT2D eigenvalue weighted by atomic mass is 16.2. The van der Waals surface area contributed by atoms with Crippen LogP contribution in [0.5, 0.6) is 0 Å². The number of nitrogens with zero attached hydrogens (tertiary/aromatic N) is 6. The molecule has 2 aromatic heterocycles. The zero-order chi connectivity index (χ0) is 29.5. The van der Waals surface area contributed by atoms with Crippen molar-refractivity contribution in [2.75, 3.05) is 67.9 Å². The fourth-order valence-corrected chi connectivity index (χ4v) is 5.43. The molecule has 4 heterocycles. The van der Waals surface area contributed by atoms with E-state index in [9.17, 15) is 14.4 Å². The van der Waals surface area contributed by atoms with Crippen molar-refractivity contribution in [2.45, 2.75) is 19.8 Å². The molecule has 13 heteroatoms. The van der Waals surface area contributed by atoms with Gasteiger partial charge in [-0.1, -0.05) is 6.92 Å². The summed E-state index contributed by atoms with van der Waals surface area (Å²) < 4.78 is 1.35. The number of amides is 3. The summed E-state index contributed by atoms with van der Waals surface area (Å²) in [6, 6.07) is 10.9. The van der Waals surface area contributed by atoms with Gasteiger partial charge in [-0.3, -0.25) is 14.2 Å². The summed E-state index contributed by atoms with van der Waals surface area (Å²) in [7, 11) is 0. The maximum absolute atomic E-state index is 12.9. The molecule has 2 atom stereocenters. The number of fused-ring (bicyclic) bond motifs is 1. The van der Waals surface area contributed by atoms with Crippen LogP contribution in [0.25, 0.3) is 11.0 Å². The summed E-state index contributed by atoms with van der Waals surface area (Å²) in [5.41, 5.74) is 2.18. The van der Waals surface area contributed by atoms with Crippen LogP contribution in [0.15, 0.2) is 42.9 Å². The standard InChI is InChI=1S/C29H36N10O3/c1-20-7-12-38(26(41)6-9-30)18-21(20)16-32-27-24-8-13-39(28(24)35-19-34-27)29(42)33-17-25(40)36-22-2-4-23(5-3-22)37-14-10-31-11-15-37/h2-5,8,13,19-21,31H,6-7,10-12,14-18H2,1H3,(H,33,42)(H,36,40)(H,32,34,35)/t20-,21-/m1/s1.